The Kier molecular flexibility index (Phi) is 5.68. The van der Waals surface area contributed by atoms with Crippen LogP contribution in [0.4, 0.5) is 16.4 Å². The molecule has 5 rings (SSSR count). The fraction of sp³-hybridized carbons (Fsp3) is 0.125. The number of methoxy groups -OCH3 is 1. The molecule has 4 N–H and O–H groups in total. The summed E-state index contributed by atoms with van der Waals surface area (Å²) in [6, 6.07) is 17.2. The van der Waals surface area contributed by atoms with Gasteiger partial charge in [-0.15, -0.1) is 12.4 Å². The van der Waals surface area contributed by atoms with E-state index in [1.165, 1.54) is 12.0 Å². The lowest BCUT2D eigenvalue weighted by Gasteiger charge is -2.35. The Hall–Kier alpha value is -4.08. The number of carboxylic acid groups (broad SMARTS) is 1. The second-order valence-corrected chi connectivity index (χ2v) is 7.76. The van der Waals surface area contributed by atoms with E-state index in [9.17, 15) is 14.7 Å². The van der Waals surface area contributed by atoms with E-state index < -0.39 is 11.8 Å². The molecule has 0 saturated carbocycles. The monoisotopic (exact) mass is 480 g/mol. The number of fused-ring (bicyclic) bond motifs is 2. The number of aryl methyl sites for hydroxylation is 1. The van der Waals surface area contributed by atoms with Crippen LogP contribution in [0.5, 0.6) is 5.75 Å². The quantitative estimate of drug-likeness (QED) is 0.346. The number of aliphatic hydroxyl groups is 1. The Morgan fingerprint density at radius 1 is 1.15 bits per heavy atom. The van der Waals surface area contributed by atoms with E-state index >= 15 is 0 Å². The molecular weight excluding hydrogens is 460 g/mol. The van der Waals surface area contributed by atoms with Crippen molar-refractivity contribution in [1.29, 1.82) is 0 Å². The van der Waals surface area contributed by atoms with Crippen molar-refractivity contribution in [3.8, 4) is 5.75 Å². The van der Waals surface area contributed by atoms with E-state index in [2.05, 4.69) is 15.3 Å². The SMILES string of the molecule is COc1ccc(C)c(N2C(=O)c3ccccc3C2(O)c2ccc3[nH]c(NC(=O)O)nc3c2)c1.Cl. The minimum absolute atomic E-state index is 0. The lowest BCUT2D eigenvalue weighted by molar-refractivity contribution is 0.0703. The summed E-state index contributed by atoms with van der Waals surface area (Å²) in [6.45, 7) is 1.85. The lowest BCUT2D eigenvalue weighted by atomic mass is 9.93. The molecule has 10 heteroatoms. The number of nitrogens with zero attached hydrogens (tertiary/aromatic N) is 2. The summed E-state index contributed by atoms with van der Waals surface area (Å²) >= 11 is 0. The minimum Gasteiger partial charge on any atom is -0.497 e. The van der Waals surface area contributed by atoms with Crippen LogP contribution in [0.1, 0.15) is 27.0 Å². The number of benzene rings is 3. The lowest BCUT2D eigenvalue weighted by Crippen LogP contribution is -2.45. The van der Waals surface area contributed by atoms with Crippen molar-refractivity contribution in [1.82, 2.24) is 9.97 Å². The standard InChI is InChI=1S/C24H20N4O5.ClH/c1-13-7-9-15(33-2)12-20(13)28-21(29)16-5-3-4-6-17(16)24(28,32)14-8-10-18-19(11-14)26-22(25-18)27-23(30)31;/h3-12,32H,1-2H3,(H,30,31)(H2,25,26,27);1H. The van der Waals surface area contributed by atoms with Crippen molar-refractivity contribution in [2.24, 2.45) is 0 Å². The molecule has 0 spiro atoms. The fourth-order valence-electron chi connectivity index (χ4n) is 4.27. The molecule has 1 atom stereocenters. The van der Waals surface area contributed by atoms with Gasteiger partial charge in [0.1, 0.15) is 5.75 Å². The van der Waals surface area contributed by atoms with Gasteiger partial charge in [-0.3, -0.25) is 15.0 Å². The predicted molar refractivity (Wildman–Crippen MR) is 129 cm³/mol. The highest BCUT2D eigenvalue weighted by Gasteiger charge is 2.51. The molecular formula is C24H21ClN4O5. The number of nitrogens with one attached hydrogen (secondary N) is 2. The zero-order chi connectivity index (χ0) is 23.3. The Morgan fingerprint density at radius 3 is 2.65 bits per heavy atom. The molecule has 1 unspecified atom stereocenters. The second-order valence-electron chi connectivity index (χ2n) is 7.76. The smallest absolute Gasteiger partial charge is 0.411 e. The normalized spacial score (nSPS) is 16.8. The third-order valence-corrected chi connectivity index (χ3v) is 5.83. The topological polar surface area (TPSA) is 128 Å². The van der Waals surface area contributed by atoms with Crippen molar-refractivity contribution in [3.05, 3.63) is 82.9 Å². The predicted octanol–water partition coefficient (Wildman–Crippen LogP) is 4.25. The van der Waals surface area contributed by atoms with Crippen LogP contribution in [0, 0.1) is 6.92 Å². The number of amides is 2. The number of halogens is 1. The zero-order valence-electron chi connectivity index (χ0n) is 18.2. The van der Waals surface area contributed by atoms with E-state index in [0.717, 1.165) is 5.56 Å². The number of H-pyrrole nitrogens is 1. The Morgan fingerprint density at radius 2 is 1.91 bits per heavy atom. The van der Waals surface area contributed by atoms with Crippen LogP contribution in [-0.4, -0.2) is 39.3 Å². The van der Waals surface area contributed by atoms with Gasteiger partial charge in [-0.1, -0.05) is 30.3 Å². The summed E-state index contributed by atoms with van der Waals surface area (Å²) in [4.78, 5) is 33.0. The highest BCUT2D eigenvalue weighted by molar-refractivity contribution is 6.13. The van der Waals surface area contributed by atoms with Gasteiger partial charge in [-0.25, -0.2) is 9.78 Å². The van der Waals surface area contributed by atoms with E-state index in [-0.39, 0.29) is 24.3 Å². The van der Waals surface area contributed by atoms with Crippen molar-refractivity contribution in [2.45, 2.75) is 12.6 Å². The number of imidazole rings is 1. The fourth-order valence-corrected chi connectivity index (χ4v) is 4.27. The molecule has 34 heavy (non-hydrogen) atoms. The maximum Gasteiger partial charge on any atom is 0.411 e. The molecule has 1 aromatic heterocycles. The third-order valence-electron chi connectivity index (χ3n) is 5.83. The molecule has 2 amide bonds. The number of carbonyl (C=O) groups excluding carboxylic acids is 1. The number of anilines is 2. The molecule has 0 bridgehead atoms. The van der Waals surface area contributed by atoms with Crippen molar-refractivity contribution >= 4 is 47.1 Å². The van der Waals surface area contributed by atoms with E-state index in [1.807, 2.05) is 13.0 Å². The highest BCUT2D eigenvalue weighted by atomic mass is 35.5. The highest BCUT2D eigenvalue weighted by Crippen LogP contribution is 2.46. The number of aromatic nitrogens is 2. The van der Waals surface area contributed by atoms with E-state index in [1.54, 1.807) is 54.6 Å². The number of hydrogen-bond donors (Lipinski definition) is 4. The molecule has 4 aromatic rings. The molecule has 0 radical (unpaired) electrons. The average molecular weight is 481 g/mol. The van der Waals surface area contributed by atoms with Crippen molar-refractivity contribution in [2.75, 3.05) is 17.3 Å². The molecule has 0 saturated heterocycles. The summed E-state index contributed by atoms with van der Waals surface area (Å²) in [7, 11) is 1.54. The summed E-state index contributed by atoms with van der Waals surface area (Å²) < 4.78 is 5.36. The van der Waals surface area contributed by atoms with Gasteiger partial charge in [0.15, 0.2) is 5.72 Å². The van der Waals surface area contributed by atoms with Crippen LogP contribution in [0.25, 0.3) is 11.0 Å². The van der Waals surface area contributed by atoms with Crippen molar-refractivity contribution in [3.63, 3.8) is 0 Å². The van der Waals surface area contributed by atoms with E-state index in [4.69, 9.17) is 9.84 Å². The largest absolute Gasteiger partial charge is 0.497 e. The minimum atomic E-state index is -1.82. The molecule has 1 aliphatic heterocycles. The van der Waals surface area contributed by atoms with Crippen LogP contribution >= 0.6 is 12.4 Å². The van der Waals surface area contributed by atoms with Gasteiger partial charge in [-0.05, 0) is 36.8 Å². The van der Waals surface area contributed by atoms with Crippen LogP contribution in [0.3, 0.4) is 0 Å². The molecule has 3 aromatic carbocycles. The molecule has 174 valence electrons. The number of ether oxygens (including phenoxy) is 1. The molecule has 2 heterocycles. The van der Waals surface area contributed by atoms with Gasteiger partial charge >= 0.3 is 6.09 Å². The van der Waals surface area contributed by atoms with Crippen LogP contribution < -0.4 is 15.0 Å². The summed E-state index contributed by atoms with van der Waals surface area (Å²) in [5.41, 5.74) is 1.71. The second kappa shape index (κ2) is 8.36. The van der Waals surface area contributed by atoms with Crippen LogP contribution in [0.2, 0.25) is 0 Å². The Balaban J connectivity index is 0.00000274. The van der Waals surface area contributed by atoms with Gasteiger partial charge in [0.2, 0.25) is 5.95 Å². The first-order chi connectivity index (χ1) is 15.8. The number of carbonyl (C=O) groups is 2. The van der Waals surface area contributed by atoms with Gasteiger partial charge in [0.05, 0.1) is 23.8 Å². The average Bonchev–Trinajstić information content (AvgIpc) is 3.30. The summed E-state index contributed by atoms with van der Waals surface area (Å²) in [6.07, 6.45) is -1.25. The zero-order valence-corrected chi connectivity index (χ0v) is 19.0. The van der Waals surface area contributed by atoms with Gasteiger partial charge in [0.25, 0.3) is 5.91 Å². The molecule has 0 aliphatic carbocycles. The Labute approximate surface area is 200 Å². The first-order valence-corrected chi connectivity index (χ1v) is 10.1. The first-order valence-electron chi connectivity index (χ1n) is 10.1. The van der Waals surface area contributed by atoms with Gasteiger partial charge in [-0.2, -0.15) is 0 Å². The number of aromatic amines is 1. The van der Waals surface area contributed by atoms with Crippen molar-refractivity contribution < 1.29 is 24.5 Å². The third kappa shape index (κ3) is 3.42. The van der Waals surface area contributed by atoms with Gasteiger partial charge < -0.3 is 19.9 Å². The summed E-state index contributed by atoms with van der Waals surface area (Å²) in [5.74, 6) is 0.263. The maximum atomic E-state index is 13.6. The first kappa shape index (κ1) is 23.1. The molecule has 9 nitrogen and oxygen atoms in total. The van der Waals surface area contributed by atoms with Gasteiger partial charge in [0, 0.05) is 22.8 Å². The van der Waals surface area contributed by atoms with Crippen LogP contribution in [0.15, 0.2) is 60.7 Å². The Bertz CT molecular complexity index is 1440. The maximum absolute atomic E-state index is 13.6. The van der Waals surface area contributed by atoms with E-state index in [0.29, 0.717) is 39.2 Å². The summed E-state index contributed by atoms with van der Waals surface area (Å²) in [5, 5.41) is 23.4. The molecule has 1 aliphatic rings. The number of rotatable bonds is 4. The van der Waals surface area contributed by atoms with Crippen LogP contribution in [-0.2, 0) is 5.72 Å². The number of hydrogen-bond acceptors (Lipinski definition) is 5. The molecule has 0 fully saturated rings.